The van der Waals surface area contributed by atoms with E-state index in [2.05, 4.69) is 10.00 Å². The van der Waals surface area contributed by atoms with Gasteiger partial charge in [-0.15, -0.1) is 0 Å². The molecule has 1 aromatic heterocycles. The Bertz CT molecular complexity index is 1220. The number of amides is 2. The minimum Gasteiger partial charge on any atom is -0.368 e. The number of rotatable bonds is 2. The van der Waals surface area contributed by atoms with Gasteiger partial charge in [-0.2, -0.15) is 5.10 Å². The van der Waals surface area contributed by atoms with Crippen molar-refractivity contribution in [2.24, 2.45) is 0 Å². The first-order chi connectivity index (χ1) is 15.9. The Hall–Kier alpha value is -3.75. The zero-order chi connectivity index (χ0) is 23.1. The summed E-state index contributed by atoms with van der Waals surface area (Å²) in [6.07, 6.45) is 3.25. The van der Waals surface area contributed by atoms with Crippen LogP contribution in [0.25, 0.3) is 0 Å². The fourth-order valence-corrected chi connectivity index (χ4v) is 4.42. The van der Waals surface area contributed by atoms with E-state index >= 15 is 0 Å². The van der Waals surface area contributed by atoms with E-state index in [-0.39, 0.29) is 17.4 Å². The molecule has 0 N–H and O–H groups in total. The number of aromatic nitrogens is 2. The van der Waals surface area contributed by atoms with Crippen LogP contribution in [0.2, 0.25) is 0 Å². The number of hydrogen-bond donors (Lipinski definition) is 0. The first-order valence-corrected chi connectivity index (χ1v) is 10.7. The number of allylic oxidation sites excluding steroid dienone is 2. The number of halogens is 3. The third-order valence-corrected chi connectivity index (χ3v) is 6.13. The van der Waals surface area contributed by atoms with Crippen molar-refractivity contribution in [2.75, 3.05) is 36.0 Å². The van der Waals surface area contributed by atoms with Crippen LogP contribution in [-0.4, -0.2) is 46.9 Å². The normalized spacial score (nSPS) is 18.2. The number of nitrogens with zero attached hydrogens (tertiary/aromatic N) is 5. The summed E-state index contributed by atoms with van der Waals surface area (Å²) in [4.78, 5) is 18.8. The van der Waals surface area contributed by atoms with Crippen molar-refractivity contribution in [1.29, 1.82) is 0 Å². The maximum absolute atomic E-state index is 14.5. The molecule has 0 bridgehead atoms. The third-order valence-electron chi connectivity index (χ3n) is 6.13. The Kier molecular flexibility index (Phi) is 5.32. The minimum atomic E-state index is -0.926. The predicted molar refractivity (Wildman–Crippen MR) is 119 cm³/mol. The summed E-state index contributed by atoms with van der Waals surface area (Å²) in [5.74, 6) is -1.64. The van der Waals surface area contributed by atoms with Gasteiger partial charge < -0.3 is 9.80 Å². The summed E-state index contributed by atoms with van der Waals surface area (Å²) in [7, 11) is 0. The lowest BCUT2D eigenvalue weighted by Crippen LogP contribution is -2.53. The molecule has 0 spiro atoms. The standard InChI is InChI=1S/C24H22F3N5O/c1-16-15-21(19-3-2-4-20(26)23(19)27)32-22(9-10-28-32)31(16)24(33)30-13-11-29(12-14-30)18-7-5-17(25)6-8-18/h2-10,15,21H,11-14H2,1H3. The average Bonchev–Trinajstić information content (AvgIpc) is 3.30. The highest BCUT2D eigenvalue weighted by Gasteiger charge is 2.34. The SMILES string of the molecule is CC1=CC(c2cccc(F)c2F)n2nccc2N1C(=O)N1CCN(c2ccc(F)cc2)CC1. The number of carbonyl (C=O) groups is 1. The van der Waals surface area contributed by atoms with Crippen molar-refractivity contribution in [3.63, 3.8) is 0 Å². The van der Waals surface area contributed by atoms with Crippen molar-refractivity contribution in [3.8, 4) is 0 Å². The van der Waals surface area contributed by atoms with Crippen molar-refractivity contribution >= 4 is 17.5 Å². The second kappa shape index (κ2) is 8.31. The smallest absolute Gasteiger partial charge is 0.330 e. The van der Waals surface area contributed by atoms with Gasteiger partial charge in [0.15, 0.2) is 11.6 Å². The van der Waals surface area contributed by atoms with Crippen LogP contribution >= 0.6 is 0 Å². The van der Waals surface area contributed by atoms with Crippen LogP contribution < -0.4 is 9.80 Å². The Morgan fingerprint density at radius 1 is 0.970 bits per heavy atom. The summed E-state index contributed by atoms with van der Waals surface area (Å²) in [6.45, 7) is 3.99. The second-order valence-electron chi connectivity index (χ2n) is 8.10. The fraction of sp³-hybridized carbons (Fsp3) is 0.250. The average molecular weight is 453 g/mol. The molecule has 3 aromatic rings. The minimum absolute atomic E-state index is 0.152. The lowest BCUT2D eigenvalue weighted by molar-refractivity contribution is 0.202. The van der Waals surface area contributed by atoms with E-state index in [4.69, 9.17) is 0 Å². The Balaban J connectivity index is 1.37. The zero-order valence-corrected chi connectivity index (χ0v) is 18.0. The second-order valence-corrected chi connectivity index (χ2v) is 8.10. The van der Waals surface area contributed by atoms with E-state index in [1.165, 1.54) is 28.9 Å². The molecule has 0 radical (unpaired) electrons. The number of piperazine rings is 1. The van der Waals surface area contributed by atoms with Gasteiger partial charge >= 0.3 is 6.03 Å². The highest BCUT2D eigenvalue weighted by molar-refractivity contribution is 5.95. The predicted octanol–water partition coefficient (Wildman–Crippen LogP) is 4.56. The quantitative estimate of drug-likeness (QED) is 0.572. The van der Waals surface area contributed by atoms with Crippen LogP contribution in [0.3, 0.4) is 0 Å². The molecule has 2 aliphatic heterocycles. The van der Waals surface area contributed by atoms with Gasteiger partial charge in [0, 0.05) is 49.2 Å². The number of carbonyl (C=O) groups excluding carboxylic acids is 1. The van der Waals surface area contributed by atoms with E-state index in [9.17, 15) is 18.0 Å². The molecule has 1 saturated heterocycles. The van der Waals surface area contributed by atoms with Gasteiger partial charge in [0.25, 0.3) is 0 Å². The van der Waals surface area contributed by atoms with Gasteiger partial charge in [-0.05, 0) is 43.3 Å². The summed E-state index contributed by atoms with van der Waals surface area (Å²) >= 11 is 0. The highest BCUT2D eigenvalue weighted by atomic mass is 19.2. The maximum Gasteiger partial charge on any atom is 0.330 e. The first-order valence-electron chi connectivity index (χ1n) is 10.7. The summed E-state index contributed by atoms with van der Waals surface area (Å²) in [5, 5.41) is 4.29. The van der Waals surface area contributed by atoms with E-state index < -0.39 is 17.7 Å². The molecule has 0 aliphatic carbocycles. The lowest BCUT2D eigenvalue weighted by Gasteiger charge is -2.40. The number of anilines is 2. The summed E-state index contributed by atoms with van der Waals surface area (Å²) in [5.41, 5.74) is 1.68. The Morgan fingerprint density at radius 2 is 1.70 bits per heavy atom. The molecule has 2 amide bonds. The molecule has 1 fully saturated rings. The van der Waals surface area contributed by atoms with E-state index in [0.717, 1.165) is 11.8 Å². The molecule has 2 aromatic carbocycles. The van der Waals surface area contributed by atoms with E-state index in [1.807, 2.05) is 0 Å². The van der Waals surface area contributed by atoms with E-state index in [1.54, 1.807) is 47.2 Å². The maximum atomic E-state index is 14.5. The van der Waals surface area contributed by atoms with Crippen LogP contribution in [0.4, 0.5) is 29.5 Å². The largest absolute Gasteiger partial charge is 0.368 e. The van der Waals surface area contributed by atoms with Gasteiger partial charge in [-0.25, -0.2) is 22.6 Å². The molecule has 2 aliphatic rings. The van der Waals surface area contributed by atoms with Gasteiger partial charge in [0.05, 0.1) is 6.20 Å². The van der Waals surface area contributed by atoms with Gasteiger partial charge in [-0.1, -0.05) is 12.1 Å². The molecule has 33 heavy (non-hydrogen) atoms. The van der Waals surface area contributed by atoms with Crippen molar-refractivity contribution < 1.29 is 18.0 Å². The fourth-order valence-electron chi connectivity index (χ4n) is 4.42. The van der Waals surface area contributed by atoms with Crippen molar-refractivity contribution in [1.82, 2.24) is 14.7 Å². The lowest BCUT2D eigenvalue weighted by atomic mass is 10.0. The van der Waals surface area contributed by atoms with Gasteiger partial charge in [0.1, 0.15) is 17.7 Å². The Labute approximate surface area is 189 Å². The topological polar surface area (TPSA) is 44.6 Å². The molecular formula is C24H22F3N5O. The molecule has 9 heteroatoms. The van der Waals surface area contributed by atoms with Gasteiger partial charge in [0.2, 0.25) is 0 Å². The molecule has 170 valence electrons. The summed E-state index contributed by atoms with van der Waals surface area (Å²) in [6, 6.07) is 11.2. The van der Waals surface area contributed by atoms with Crippen LogP contribution in [-0.2, 0) is 0 Å². The van der Waals surface area contributed by atoms with Gasteiger partial charge in [-0.3, -0.25) is 4.90 Å². The van der Waals surface area contributed by atoms with Crippen molar-refractivity contribution in [3.05, 3.63) is 89.5 Å². The number of benzene rings is 2. The number of hydrogen-bond acceptors (Lipinski definition) is 3. The van der Waals surface area contributed by atoms with Crippen LogP contribution in [0, 0.1) is 17.5 Å². The van der Waals surface area contributed by atoms with Crippen LogP contribution in [0.5, 0.6) is 0 Å². The molecule has 0 saturated carbocycles. The van der Waals surface area contributed by atoms with Crippen LogP contribution in [0.15, 0.2) is 66.5 Å². The molecule has 5 rings (SSSR count). The molecule has 1 atom stereocenters. The number of urea groups is 1. The molecule has 3 heterocycles. The van der Waals surface area contributed by atoms with Crippen molar-refractivity contribution in [2.45, 2.75) is 13.0 Å². The number of fused-ring (bicyclic) bond motifs is 1. The zero-order valence-electron chi connectivity index (χ0n) is 18.0. The van der Waals surface area contributed by atoms with E-state index in [0.29, 0.717) is 37.7 Å². The Morgan fingerprint density at radius 3 is 2.42 bits per heavy atom. The molecule has 1 unspecified atom stereocenters. The molecular weight excluding hydrogens is 431 g/mol. The third kappa shape index (κ3) is 3.73. The monoisotopic (exact) mass is 453 g/mol. The summed E-state index contributed by atoms with van der Waals surface area (Å²) < 4.78 is 43.1. The highest BCUT2D eigenvalue weighted by Crippen LogP contribution is 2.35. The molecule has 6 nitrogen and oxygen atoms in total. The van der Waals surface area contributed by atoms with Crippen LogP contribution in [0.1, 0.15) is 18.5 Å². The first kappa shape index (κ1) is 21.1.